The summed E-state index contributed by atoms with van der Waals surface area (Å²) in [5.41, 5.74) is 1.52. The molecule has 0 N–H and O–H groups in total. The van der Waals surface area contributed by atoms with Gasteiger partial charge in [0.05, 0.1) is 7.11 Å². The molecule has 9 heteroatoms. The van der Waals surface area contributed by atoms with Crippen LogP contribution in [-0.2, 0) is 17.1 Å². The molecule has 4 rings (SSSR count). The van der Waals surface area contributed by atoms with Crippen LogP contribution in [0.1, 0.15) is 29.8 Å². The molecule has 0 saturated carbocycles. The number of ether oxygens (including phenoxy) is 1. The van der Waals surface area contributed by atoms with Crippen molar-refractivity contribution >= 4 is 21.6 Å². The van der Waals surface area contributed by atoms with Crippen molar-refractivity contribution in [1.29, 1.82) is 0 Å². The van der Waals surface area contributed by atoms with Crippen LogP contribution in [0.25, 0.3) is 0 Å². The van der Waals surface area contributed by atoms with E-state index in [1.54, 1.807) is 24.9 Å². The van der Waals surface area contributed by atoms with E-state index in [2.05, 4.69) is 4.90 Å². The van der Waals surface area contributed by atoms with Crippen molar-refractivity contribution in [2.75, 3.05) is 51.3 Å². The summed E-state index contributed by atoms with van der Waals surface area (Å²) >= 11 is 0. The first-order valence-corrected chi connectivity index (χ1v) is 12.2. The van der Waals surface area contributed by atoms with E-state index in [9.17, 15) is 13.2 Å². The largest absolute Gasteiger partial charge is 0.497 e. The van der Waals surface area contributed by atoms with Crippen molar-refractivity contribution in [2.45, 2.75) is 24.2 Å². The van der Waals surface area contributed by atoms with Crippen LogP contribution in [0.5, 0.6) is 5.75 Å². The summed E-state index contributed by atoms with van der Waals surface area (Å²) in [6, 6.07) is 9.47. The van der Waals surface area contributed by atoms with Crippen molar-refractivity contribution in [2.24, 2.45) is 7.05 Å². The number of sulfonamides is 1. The average molecular weight is 447 g/mol. The highest BCUT2D eigenvalue weighted by molar-refractivity contribution is 7.89. The zero-order chi connectivity index (χ0) is 22.0. The van der Waals surface area contributed by atoms with E-state index >= 15 is 0 Å². The Bertz CT molecular complexity index is 1030. The van der Waals surface area contributed by atoms with Gasteiger partial charge >= 0.3 is 0 Å². The quantitative estimate of drug-likeness (QED) is 0.704. The molecule has 0 spiro atoms. The number of rotatable bonds is 5. The zero-order valence-electron chi connectivity index (χ0n) is 18.2. The second-order valence-electron chi connectivity index (χ2n) is 8.11. The third-order valence-electron chi connectivity index (χ3n) is 6.12. The zero-order valence-corrected chi connectivity index (χ0v) is 19.0. The van der Waals surface area contributed by atoms with Gasteiger partial charge in [0, 0.05) is 58.2 Å². The standard InChI is InChI=1S/C22H30N4O4S/c1-23-17-20(31(28,29)26-12-3-4-13-26)16-21(23)22(27)25-11-5-10-24(14-15-25)18-6-8-19(30-2)9-7-18/h6-9,16-17H,3-5,10-15H2,1-2H3. The molecule has 0 unspecified atom stereocenters. The summed E-state index contributed by atoms with van der Waals surface area (Å²) in [7, 11) is -0.157. The van der Waals surface area contributed by atoms with Gasteiger partial charge in [-0.2, -0.15) is 4.31 Å². The third-order valence-corrected chi connectivity index (χ3v) is 7.99. The molecular formula is C22H30N4O4S. The number of nitrogens with zero attached hydrogens (tertiary/aromatic N) is 4. The number of carbonyl (C=O) groups is 1. The Balaban J connectivity index is 1.46. The van der Waals surface area contributed by atoms with Gasteiger partial charge in [-0.3, -0.25) is 4.79 Å². The number of carbonyl (C=O) groups excluding carboxylic acids is 1. The maximum absolute atomic E-state index is 13.2. The van der Waals surface area contributed by atoms with Crippen LogP contribution in [0.3, 0.4) is 0 Å². The van der Waals surface area contributed by atoms with E-state index in [-0.39, 0.29) is 10.8 Å². The van der Waals surface area contributed by atoms with Crippen molar-refractivity contribution in [3.05, 3.63) is 42.2 Å². The lowest BCUT2D eigenvalue weighted by Crippen LogP contribution is -2.36. The lowest BCUT2D eigenvalue weighted by atomic mass is 10.2. The summed E-state index contributed by atoms with van der Waals surface area (Å²) in [6.07, 6.45) is 4.18. The average Bonchev–Trinajstić information content (AvgIpc) is 3.39. The van der Waals surface area contributed by atoms with Gasteiger partial charge in [-0.05, 0) is 49.6 Å². The highest BCUT2D eigenvalue weighted by Gasteiger charge is 2.30. The molecule has 0 bridgehead atoms. The van der Waals surface area contributed by atoms with Crippen molar-refractivity contribution in [3.63, 3.8) is 0 Å². The topological polar surface area (TPSA) is 75.1 Å². The Hall–Kier alpha value is -2.52. The number of hydrogen-bond donors (Lipinski definition) is 0. The number of benzene rings is 1. The molecule has 0 atom stereocenters. The Morgan fingerprint density at radius 2 is 1.65 bits per heavy atom. The van der Waals surface area contributed by atoms with Crippen LogP contribution in [0, 0.1) is 0 Å². The van der Waals surface area contributed by atoms with Crippen LogP contribution in [0.15, 0.2) is 41.4 Å². The normalized spacial score (nSPS) is 18.3. The Morgan fingerprint density at radius 1 is 0.935 bits per heavy atom. The predicted molar refractivity (Wildman–Crippen MR) is 119 cm³/mol. The summed E-state index contributed by atoms with van der Waals surface area (Å²) in [5, 5.41) is 0. The monoisotopic (exact) mass is 446 g/mol. The van der Waals surface area contributed by atoms with Crippen molar-refractivity contribution < 1.29 is 17.9 Å². The van der Waals surface area contributed by atoms with Crippen LogP contribution >= 0.6 is 0 Å². The Kier molecular flexibility index (Phi) is 6.24. The van der Waals surface area contributed by atoms with Gasteiger partial charge in [0.15, 0.2) is 0 Å². The van der Waals surface area contributed by atoms with Gasteiger partial charge < -0.3 is 19.1 Å². The number of anilines is 1. The number of hydrogen-bond acceptors (Lipinski definition) is 5. The fourth-order valence-electron chi connectivity index (χ4n) is 4.30. The van der Waals surface area contributed by atoms with E-state index in [0.717, 1.165) is 43.8 Å². The van der Waals surface area contributed by atoms with Gasteiger partial charge in [-0.15, -0.1) is 0 Å². The Morgan fingerprint density at radius 3 is 2.32 bits per heavy atom. The molecule has 0 radical (unpaired) electrons. The molecule has 3 heterocycles. The van der Waals surface area contributed by atoms with E-state index in [4.69, 9.17) is 4.74 Å². The maximum atomic E-state index is 13.2. The molecule has 168 valence electrons. The highest BCUT2D eigenvalue weighted by atomic mass is 32.2. The van der Waals surface area contributed by atoms with Crippen LogP contribution in [0.4, 0.5) is 5.69 Å². The second kappa shape index (κ2) is 8.92. The minimum atomic E-state index is -3.54. The molecule has 8 nitrogen and oxygen atoms in total. The van der Waals surface area contributed by atoms with E-state index in [0.29, 0.717) is 31.9 Å². The summed E-state index contributed by atoms with van der Waals surface area (Å²) in [4.78, 5) is 17.5. The van der Waals surface area contributed by atoms with Crippen molar-refractivity contribution in [1.82, 2.24) is 13.8 Å². The van der Waals surface area contributed by atoms with E-state index in [1.165, 1.54) is 10.4 Å². The molecule has 2 aromatic rings. The van der Waals surface area contributed by atoms with Crippen LogP contribution < -0.4 is 9.64 Å². The number of methoxy groups -OCH3 is 1. The first kappa shape index (κ1) is 21.7. The number of aryl methyl sites for hydroxylation is 1. The smallest absolute Gasteiger partial charge is 0.270 e. The highest BCUT2D eigenvalue weighted by Crippen LogP contribution is 2.24. The summed E-state index contributed by atoms with van der Waals surface area (Å²) < 4.78 is 34.1. The molecule has 0 aliphatic carbocycles. The van der Waals surface area contributed by atoms with E-state index in [1.807, 2.05) is 29.2 Å². The molecule has 2 aliphatic rings. The fraction of sp³-hybridized carbons (Fsp3) is 0.500. The first-order chi connectivity index (χ1) is 14.9. The van der Waals surface area contributed by atoms with E-state index < -0.39 is 10.0 Å². The lowest BCUT2D eigenvalue weighted by Gasteiger charge is -2.24. The molecule has 1 aromatic carbocycles. The SMILES string of the molecule is COc1ccc(N2CCCN(C(=O)c3cc(S(=O)(=O)N4CCCC4)cn3C)CC2)cc1. The van der Waals surface area contributed by atoms with Crippen LogP contribution in [0.2, 0.25) is 0 Å². The molecule has 31 heavy (non-hydrogen) atoms. The molecule has 2 fully saturated rings. The maximum Gasteiger partial charge on any atom is 0.270 e. The van der Waals surface area contributed by atoms with Gasteiger partial charge in [-0.1, -0.05) is 0 Å². The third kappa shape index (κ3) is 4.43. The summed E-state index contributed by atoms with van der Waals surface area (Å²) in [5.74, 6) is 0.695. The molecule has 2 aliphatic heterocycles. The molecule has 1 amide bonds. The Labute approximate surface area is 184 Å². The molecule has 1 aromatic heterocycles. The number of amides is 1. The predicted octanol–water partition coefficient (Wildman–Crippen LogP) is 2.17. The van der Waals surface area contributed by atoms with Gasteiger partial charge in [0.25, 0.3) is 5.91 Å². The van der Waals surface area contributed by atoms with Crippen molar-refractivity contribution in [3.8, 4) is 5.75 Å². The minimum absolute atomic E-state index is 0.123. The lowest BCUT2D eigenvalue weighted by molar-refractivity contribution is 0.0757. The minimum Gasteiger partial charge on any atom is -0.497 e. The van der Waals surface area contributed by atoms with Gasteiger partial charge in [-0.25, -0.2) is 8.42 Å². The molecule has 2 saturated heterocycles. The molecular weight excluding hydrogens is 416 g/mol. The fourth-order valence-corrected chi connectivity index (χ4v) is 5.89. The van der Waals surface area contributed by atoms with Gasteiger partial charge in [0.1, 0.15) is 16.3 Å². The first-order valence-electron chi connectivity index (χ1n) is 10.7. The van der Waals surface area contributed by atoms with Crippen LogP contribution in [-0.4, -0.2) is 74.5 Å². The summed E-state index contributed by atoms with van der Waals surface area (Å²) in [6.45, 7) is 3.91. The number of aromatic nitrogens is 1. The van der Waals surface area contributed by atoms with Gasteiger partial charge in [0.2, 0.25) is 10.0 Å². The second-order valence-corrected chi connectivity index (χ2v) is 10.1.